The lowest BCUT2D eigenvalue weighted by molar-refractivity contribution is 0.149. The molecule has 6 nitrogen and oxygen atoms in total. The Hall–Kier alpha value is -1.40. The largest absolute Gasteiger partial charge is 0.380 e. The first-order valence-corrected chi connectivity index (χ1v) is 6.39. The summed E-state index contributed by atoms with van der Waals surface area (Å²) in [5.74, 6) is 2.04. The molecule has 0 unspecified atom stereocenters. The van der Waals surface area contributed by atoms with Gasteiger partial charge in [-0.3, -0.25) is 0 Å². The zero-order valence-corrected chi connectivity index (χ0v) is 11.0. The summed E-state index contributed by atoms with van der Waals surface area (Å²) in [5, 5.41) is 7.42. The van der Waals surface area contributed by atoms with Crippen molar-refractivity contribution in [2.24, 2.45) is 0 Å². The maximum absolute atomic E-state index is 5.51. The van der Waals surface area contributed by atoms with Crippen LogP contribution >= 0.6 is 11.6 Å². The van der Waals surface area contributed by atoms with Crippen molar-refractivity contribution in [3.8, 4) is 0 Å². The first-order chi connectivity index (χ1) is 8.81. The zero-order chi connectivity index (χ0) is 12.8. The zero-order valence-electron chi connectivity index (χ0n) is 10.3. The van der Waals surface area contributed by atoms with E-state index >= 15 is 0 Å². The van der Waals surface area contributed by atoms with Crippen LogP contribution in [0.4, 0.5) is 5.82 Å². The fraction of sp³-hybridized carbons (Fsp3) is 0.545. The molecule has 98 valence electrons. The molecule has 1 N–H and O–H groups in total. The van der Waals surface area contributed by atoms with Gasteiger partial charge < -0.3 is 10.1 Å². The van der Waals surface area contributed by atoms with Crippen LogP contribution in [0.15, 0.2) is 12.4 Å². The number of hydrogen-bond acceptors (Lipinski definition) is 5. The van der Waals surface area contributed by atoms with Crippen molar-refractivity contribution in [3.05, 3.63) is 18.1 Å². The third kappa shape index (κ3) is 3.30. The predicted molar refractivity (Wildman–Crippen MR) is 70.2 cm³/mol. The molecule has 0 radical (unpaired) electrons. The monoisotopic (exact) mass is 269 g/mol. The van der Waals surface area contributed by atoms with Gasteiger partial charge in [0.1, 0.15) is 12.1 Å². The minimum atomic E-state index is 0.538. The third-order valence-corrected chi connectivity index (χ3v) is 2.53. The van der Waals surface area contributed by atoms with Crippen molar-refractivity contribution in [3.63, 3.8) is 0 Å². The summed E-state index contributed by atoms with van der Waals surface area (Å²) in [6.07, 6.45) is 2.41. The SMILES string of the molecule is Cc1cc(NCCCOCCCl)n2ncnc2n1. The van der Waals surface area contributed by atoms with Crippen LogP contribution in [-0.4, -0.2) is 45.2 Å². The molecule has 0 aliphatic rings. The normalized spacial score (nSPS) is 11.0. The van der Waals surface area contributed by atoms with E-state index in [0.29, 0.717) is 24.9 Å². The van der Waals surface area contributed by atoms with E-state index in [9.17, 15) is 0 Å². The minimum absolute atomic E-state index is 0.538. The van der Waals surface area contributed by atoms with Crippen molar-refractivity contribution >= 4 is 23.2 Å². The summed E-state index contributed by atoms with van der Waals surface area (Å²) in [4.78, 5) is 8.35. The molecule has 0 aliphatic heterocycles. The van der Waals surface area contributed by atoms with Crippen molar-refractivity contribution in [2.75, 3.05) is 31.0 Å². The molecule has 0 bridgehead atoms. The van der Waals surface area contributed by atoms with E-state index in [1.807, 2.05) is 13.0 Å². The second kappa shape index (κ2) is 6.51. The number of rotatable bonds is 7. The average molecular weight is 270 g/mol. The number of fused-ring (bicyclic) bond motifs is 1. The molecule has 2 rings (SSSR count). The van der Waals surface area contributed by atoms with E-state index in [1.54, 1.807) is 4.52 Å². The number of alkyl halides is 1. The van der Waals surface area contributed by atoms with Gasteiger partial charge in [-0.05, 0) is 13.3 Å². The lowest BCUT2D eigenvalue weighted by atomic mass is 10.4. The summed E-state index contributed by atoms with van der Waals surface area (Å²) in [5.41, 5.74) is 0.913. The summed E-state index contributed by atoms with van der Waals surface area (Å²) in [6, 6.07) is 1.95. The molecule has 2 aromatic heterocycles. The second-order valence-corrected chi connectivity index (χ2v) is 4.21. The van der Waals surface area contributed by atoms with Crippen molar-refractivity contribution in [2.45, 2.75) is 13.3 Å². The van der Waals surface area contributed by atoms with Crippen LogP contribution in [0.3, 0.4) is 0 Å². The van der Waals surface area contributed by atoms with Crippen LogP contribution in [0, 0.1) is 6.92 Å². The molecule has 2 heterocycles. The molecule has 18 heavy (non-hydrogen) atoms. The summed E-state index contributed by atoms with van der Waals surface area (Å²) >= 11 is 5.51. The number of halogens is 1. The van der Waals surface area contributed by atoms with E-state index in [1.165, 1.54) is 6.33 Å². The highest BCUT2D eigenvalue weighted by atomic mass is 35.5. The molecule has 0 amide bonds. The Balaban J connectivity index is 1.89. The Labute approximate surface area is 110 Å². The molecule has 0 aromatic carbocycles. The summed E-state index contributed by atoms with van der Waals surface area (Å²) in [7, 11) is 0. The molecule has 0 spiro atoms. The molecule has 0 atom stereocenters. The van der Waals surface area contributed by atoms with E-state index in [2.05, 4.69) is 20.4 Å². The van der Waals surface area contributed by atoms with Crippen molar-refractivity contribution in [1.82, 2.24) is 19.6 Å². The topological polar surface area (TPSA) is 64.3 Å². The Morgan fingerprint density at radius 2 is 2.33 bits per heavy atom. The predicted octanol–water partition coefficient (Wildman–Crippen LogP) is 1.49. The number of nitrogens with one attached hydrogen (secondary N) is 1. The number of ether oxygens (including phenoxy) is 1. The minimum Gasteiger partial charge on any atom is -0.380 e. The molecule has 2 aromatic rings. The number of anilines is 1. The van der Waals surface area contributed by atoms with Gasteiger partial charge in [0.05, 0.1) is 6.61 Å². The van der Waals surface area contributed by atoms with Gasteiger partial charge in [0.2, 0.25) is 0 Å². The molecule has 0 aliphatic carbocycles. The van der Waals surface area contributed by atoms with Crippen LogP contribution in [0.1, 0.15) is 12.1 Å². The number of nitrogens with zero attached hydrogens (tertiary/aromatic N) is 4. The fourth-order valence-electron chi connectivity index (χ4n) is 1.60. The smallest absolute Gasteiger partial charge is 0.254 e. The van der Waals surface area contributed by atoms with Crippen LogP contribution in [0.5, 0.6) is 0 Å². The quantitative estimate of drug-likeness (QED) is 0.609. The van der Waals surface area contributed by atoms with Gasteiger partial charge >= 0.3 is 0 Å². The lowest BCUT2D eigenvalue weighted by Gasteiger charge is -2.08. The Kier molecular flexibility index (Phi) is 4.72. The lowest BCUT2D eigenvalue weighted by Crippen LogP contribution is -2.10. The van der Waals surface area contributed by atoms with Crippen molar-refractivity contribution < 1.29 is 4.74 Å². The van der Waals surface area contributed by atoms with Gasteiger partial charge in [-0.15, -0.1) is 11.6 Å². The Morgan fingerprint density at radius 1 is 1.44 bits per heavy atom. The van der Waals surface area contributed by atoms with Crippen LogP contribution in [0.2, 0.25) is 0 Å². The molecule has 0 saturated heterocycles. The first-order valence-electron chi connectivity index (χ1n) is 5.86. The van der Waals surface area contributed by atoms with Gasteiger partial charge in [0.15, 0.2) is 0 Å². The highest BCUT2D eigenvalue weighted by Gasteiger charge is 2.04. The highest BCUT2D eigenvalue weighted by molar-refractivity contribution is 6.17. The average Bonchev–Trinajstić information content (AvgIpc) is 2.81. The Bertz CT molecular complexity index is 501. The van der Waals surface area contributed by atoms with E-state index < -0.39 is 0 Å². The molecule has 0 fully saturated rings. The van der Waals surface area contributed by atoms with Crippen molar-refractivity contribution in [1.29, 1.82) is 0 Å². The van der Waals surface area contributed by atoms with E-state index in [-0.39, 0.29) is 0 Å². The van der Waals surface area contributed by atoms with Crippen LogP contribution in [0.25, 0.3) is 5.78 Å². The van der Waals surface area contributed by atoms with Gasteiger partial charge in [-0.1, -0.05) is 0 Å². The van der Waals surface area contributed by atoms with E-state index in [4.69, 9.17) is 16.3 Å². The van der Waals surface area contributed by atoms with Crippen LogP contribution in [-0.2, 0) is 4.74 Å². The van der Waals surface area contributed by atoms with Gasteiger partial charge in [-0.2, -0.15) is 14.6 Å². The highest BCUT2D eigenvalue weighted by Crippen LogP contribution is 2.09. The number of hydrogen-bond donors (Lipinski definition) is 1. The number of aromatic nitrogens is 4. The van der Waals surface area contributed by atoms with Gasteiger partial charge in [0.25, 0.3) is 5.78 Å². The maximum atomic E-state index is 5.51. The first kappa shape index (κ1) is 13.0. The van der Waals surface area contributed by atoms with Gasteiger partial charge in [-0.25, -0.2) is 4.98 Å². The molecular formula is C11H16ClN5O. The van der Waals surface area contributed by atoms with E-state index in [0.717, 1.165) is 24.5 Å². The van der Waals surface area contributed by atoms with Gasteiger partial charge in [0, 0.05) is 30.8 Å². The fourth-order valence-corrected chi connectivity index (χ4v) is 1.71. The second-order valence-electron chi connectivity index (χ2n) is 3.84. The molecule has 0 saturated carbocycles. The maximum Gasteiger partial charge on any atom is 0.254 e. The van der Waals surface area contributed by atoms with Crippen LogP contribution < -0.4 is 5.32 Å². The number of aryl methyl sites for hydroxylation is 1. The summed E-state index contributed by atoms with van der Waals surface area (Å²) < 4.78 is 6.99. The standard InChI is InChI=1S/C11H16ClN5O/c1-9-7-10(13-4-2-5-18-6-3-12)17-11(16-9)14-8-15-17/h7-8,13H,2-6H2,1H3. The molecular weight excluding hydrogens is 254 g/mol. The summed E-state index contributed by atoms with van der Waals surface area (Å²) in [6.45, 7) is 4.04. The Morgan fingerprint density at radius 3 is 3.17 bits per heavy atom. The third-order valence-electron chi connectivity index (χ3n) is 2.37. The molecule has 7 heteroatoms.